The van der Waals surface area contributed by atoms with Gasteiger partial charge in [-0.25, -0.2) is 0 Å². The summed E-state index contributed by atoms with van der Waals surface area (Å²) in [7, 11) is 0. The maximum absolute atomic E-state index is 4.32. The number of aromatic nitrogens is 3. The quantitative estimate of drug-likeness (QED) is 0.707. The molecule has 0 fully saturated rings. The summed E-state index contributed by atoms with van der Waals surface area (Å²) in [6.07, 6.45) is 6.78. The van der Waals surface area contributed by atoms with Crippen LogP contribution in [0.2, 0.25) is 0 Å². The second kappa shape index (κ2) is 6.66. The third-order valence-electron chi connectivity index (χ3n) is 2.85. The molecule has 3 heteroatoms. The zero-order valence-electron chi connectivity index (χ0n) is 11.1. The van der Waals surface area contributed by atoms with Crippen molar-refractivity contribution in [3.8, 4) is 0 Å². The van der Waals surface area contributed by atoms with E-state index in [4.69, 9.17) is 0 Å². The molecule has 0 aromatic carbocycles. The van der Waals surface area contributed by atoms with Crippen molar-refractivity contribution in [2.24, 2.45) is 5.92 Å². The van der Waals surface area contributed by atoms with E-state index in [-0.39, 0.29) is 0 Å². The molecule has 0 unspecified atom stereocenters. The van der Waals surface area contributed by atoms with Crippen LogP contribution >= 0.6 is 0 Å². The summed E-state index contributed by atoms with van der Waals surface area (Å²) >= 11 is 0. The molecule has 1 aromatic heterocycles. The lowest BCUT2D eigenvalue weighted by Gasteiger charge is -2.17. The van der Waals surface area contributed by atoms with Crippen LogP contribution in [0.5, 0.6) is 0 Å². The van der Waals surface area contributed by atoms with Crippen LogP contribution in [0, 0.1) is 5.92 Å². The predicted molar refractivity (Wildman–Crippen MR) is 67.4 cm³/mol. The minimum atomic E-state index is 0.594. The smallest absolute Gasteiger partial charge is 0.135 e. The van der Waals surface area contributed by atoms with E-state index in [1.165, 1.54) is 31.5 Å². The van der Waals surface area contributed by atoms with Crippen molar-refractivity contribution in [2.45, 2.75) is 65.8 Å². The molecule has 1 heterocycles. The molecule has 0 aliphatic heterocycles. The van der Waals surface area contributed by atoms with E-state index in [0.717, 1.165) is 6.54 Å². The zero-order chi connectivity index (χ0) is 12.0. The predicted octanol–water partition coefficient (Wildman–Crippen LogP) is 3.62. The van der Waals surface area contributed by atoms with Gasteiger partial charge in [-0.05, 0) is 18.8 Å². The maximum Gasteiger partial charge on any atom is 0.135 e. The minimum absolute atomic E-state index is 0.594. The first-order valence-corrected chi connectivity index (χ1v) is 6.56. The summed E-state index contributed by atoms with van der Waals surface area (Å²) in [6, 6.07) is 0. The monoisotopic (exact) mass is 223 g/mol. The van der Waals surface area contributed by atoms with Crippen LogP contribution in [0.15, 0.2) is 6.33 Å². The summed E-state index contributed by atoms with van der Waals surface area (Å²) in [5.74, 6) is 2.44. The number of rotatable bonds is 7. The van der Waals surface area contributed by atoms with Crippen LogP contribution in [-0.2, 0) is 6.54 Å². The van der Waals surface area contributed by atoms with E-state index in [9.17, 15) is 0 Å². The lowest BCUT2D eigenvalue weighted by molar-refractivity contribution is 0.459. The van der Waals surface area contributed by atoms with Gasteiger partial charge in [0.2, 0.25) is 0 Å². The summed E-state index contributed by atoms with van der Waals surface area (Å²) in [5.41, 5.74) is 0. The molecule has 0 saturated carbocycles. The molecular weight excluding hydrogens is 198 g/mol. The summed E-state index contributed by atoms with van der Waals surface area (Å²) in [5, 5.41) is 8.39. The molecule has 0 radical (unpaired) electrons. The molecule has 0 amide bonds. The Balaban J connectivity index is 2.77. The van der Waals surface area contributed by atoms with Gasteiger partial charge in [-0.1, -0.05) is 40.5 Å². The first kappa shape index (κ1) is 13.2. The Kier molecular flexibility index (Phi) is 5.50. The van der Waals surface area contributed by atoms with Gasteiger partial charge in [0, 0.05) is 12.5 Å². The lowest BCUT2D eigenvalue weighted by Crippen LogP contribution is -2.12. The number of nitrogens with zero attached hydrogens (tertiary/aromatic N) is 3. The first-order chi connectivity index (χ1) is 7.69. The molecule has 0 aliphatic carbocycles. The first-order valence-electron chi connectivity index (χ1n) is 6.56. The Labute approximate surface area is 99.3 Å². The zero-order valence-corrected chi connectivity index (χ0v) is 11.1. The van der Waals surface area contributed by atoms with Gasteiger partial charge in [0.05, 0.1) is 0 Å². The molecule has 16 heavy (non-hydrogen) atoms. The maximum atomic E-state index is 4.32. The molecule has 3 nitrogen and oxygen atoms in total. The van der Waals surface area contributed by atoms with Crippen LogP contribution in [0.25, 0.3) is 0 Å². The molecule has 1 rings (SSSR count). The number of hydrogen-bond acceptors (Lipinski definition) is 2. The molecular formula is C13H25N3. The molecule has 0 atom stereocenters. The minimum Gasteiger partial charge on any atom is -0.317 e. The third kappa shape index (κ3) is 3.62. The van der Waals surface area contributed by atoms with Gasteiger partial charge in [0.15, 0.2) is 0 Å². The average Bonchev–Trinajstić information content (AvgIpc) is 2.64. The van der Waals surface area contributed by atoms with Crippen LogP contribution < -0.4 is 0 Å². The highest BCUT2D eigenvalue weighted by Crippen LogP contribution is 2.24. The van der Waals surface area contributed by atoms with E-state index in [0.29, 0.717) is 11.8 Å². The Bertz CT molecular complexity index is 285. The molecule has 0 bridgehead atoms. The van der Waals surface area contributed by atoms with E-state index >= 15 is 0 Å². The van der Waals surface area contributed by atoms with Crippen molar-refractivity contribution in [1.29, 1.82) is 0 Å². The third-order valence-corrected chi connectivity index (χ3v) is 2.85. The highest BCUT2D eigenvalue weighted by atomic mass is 15.3. The van der Waals surface area contributed by atoms with E-state index in [1.54, 1.807) is 0 Å². The van der Waals surface area contributed by atoms with Crippen LogP contribution in [0.4, 0.5) is 0 Å². The number of hydrogen-bond donors (Lipinski definition) is 0. The van der Waals surface area contributed by atoms with E-state index in [1.807, 2.05) is 6.33 Å². The van der Waals surface area contributed by atoms with Gasteiger partial charge >= 0.3 is 0 Å². The van der Waals surface area contributed by atoms with E-state index < -0.39 is 0 Å². The second-order valence-corrected chi connectivity index (χ2v) is 5.01. The molecule has 0 spiro atoms. The normalized spacial score (nSPS) is 11.6. The fourth-order valence-corrected chi connectivity index (χ4v) is 2.21. The van der Waals surface area contributed by atoms with Gasteiger partial charge in [-0.3, -0.25) is 0 Å². The van der Waals surface area contributed by atoms with Gasteiger partial charge in [-0.15, -0.1) is 10.2 Å². The highest BCUT2D eigenvalue weighted by molar-refractivity contribution is 4.96. The van der Waals surface area contributed by atoms with Gasteiger partial charge in [0.25, 0.3) is 0 Å². The van der Waals surface area contributed by atoms with Crippen molar-refractivity contribution in [2.75, 3.05) is 0 Å². The van der Waals surface area contributed by atoms with Crippen molar-refractivity contribution < 1.29 is 0 Å². The van der Waals surface area contributed by atoms with Crippen molar-refractivity contribution in [1.82, 2.24) is 14.8 Å². The van der Waals surface area contributed by atoms with Crippen LogP contribution in [0.3, 0.4) is 0 Å². The molecule has 0 saturated heterocycles. The van der Waals surface area contributed by atoms with E-state index in [2.05, 4.69) is 42.5 Å². The van der Waals surface area contributed by atoms with Crippen LogP contribution in [-0.4, -0.2) is 14.8 Å². The summed E-state index contributed by atoms with van der Waals surface area (Å²) in [6.45, 7) is 9.99. The Morgan fingerprint density at radius 3 is 2.31 bits per heavy atom. The van der Waals surface area contributed by atoms with Gasteiger partial charge in [-0.2, -0.15) is 0 Å². The second-order valence-electron chi connectivity index (χ2n) is 5.01. The summed E-state index contributed by atoms with van der Waals surface area (Å²) < 4.78 is 2.24. The largest absolute Gasteiger partial charge is 0.317 e. The van der Waals surface area contributed by atoms with Crippen molar-refractivity contribution in [3.63, 3.8) is 0 Å². The lowest BCUT2D eigenvalue weighted by atomic mass is 9.97. The SMILES string of the molecule is CCCC(CCC)c1nncn1CC(C)C. The Hall–Kier alpha value is -0.860. The highest BCUT2D eigenvalue weighted by Gasteiger charge is 2.16. The molecule has 1 aromatic rings. The Morgan fingerprint density at radius 1 is 1.19 bits per heavy atom. The fraction of sp³-hybridized carbons (Fsp3) is 0.846. The standard InChI is InChI=1S/C13H25N3/c1-5-7-12(8-6-2)13-15-14-10-16(13)9-11(3)4/h10-12H,5-9H2,1-4H3. The Morgan fingerprint density at radius 2 is 1.81 bits per heavy atom. The molecule has 0 aliphatic rings. The topological polar surface area (TPSA) is 30.7 Å². The van der Waals surface area contributed by atoms with Crippen LogP contribution in [0.1, 0.15) is 65.1 Å². The van der Waals surface area contributed by atoms with Crippen molar-refractivity contribution in [3.05, 3.63) is 12.2 Å². The van der Waals surface area contributed by atoms with Gasteiger partial charge < -0.3 is 4.57 Å². The molecule has 92 valence electrons. The average molecular weight is 223 g/mol. The summed E-state index contributed by atoms with van der Waals surface area (Å²) in [4.78, 5) is 0. The van der Waals surface area contributed by atoms with Crippen molar-refractivity contribution >= 4 is 0 Å². The molecule has 0 N–H and O–H groups in total. The van der Waals surface area contributed by atoms with Gasteiger partial charge in [0.1, 0.15) is 12.2 Å². The fourth-order valence-electron chi connectivity index (χ4n) is 2.21.